The van der Waals surface area contributed by atoms with Crippen molar-refractivity contribution in [3.8, 4) is 0 Å². The number of halogens is 1. The summed E-state index contributed by atoms with van der Waals surface area (Å²) >= 11 is 5.96. The van der Waals surface area contributed by atoms with Crippen LogP contribution in [0.5, 0.6) is 0 Å². The number of aromatic nitrogens is 4. The highest BCUT2D eigenvalue weighted by Gasteiger charge is 2.27. The predicted octanol–water partition coefficient (Wildman–Crippen LogP) is 1.55. The van der Waals surface area contributed by atoms with Crippen LogP contribution in [0.1, 0.15) is 24.7 Å². The maximum absolute atomic E-state index is 5.96. The summed E-state index contributed by atoms with van der Waals surface area (Å²) in [5.74, 6) is 2.32. The van der Waals surface area contributed by atoms with Gasteiger partial charge in [0.05, 0.1) is 5.92 Å². The van der Waals surface area contributed by atoms with Crippen molar-refractivity contribution < 1.29 is 4.52 Å². The molecular formula is C13H18ClN7O. The summed E-state index contributed by atoms with van der Waals surface area (Å²) in [6.45, 7) is 1.62. The number of anilines is 3. The van der Waals surface area contributed by atoms with Gasteiger partial charge in [0.25, 0.3) is 5.95 Å². The van der Waals surface area contributed by atoms with Gasteiger partial charge in [-0.05, 0) is 18.0 Å². The molecule has 1 saturated heterocycles. The highest BCUT2D eigenvalue weighted by atomic mass is 35.5. The lowest BCUT2D eigenvalue weighted by molar-refractivity contribution is 0.332. The minimum absolute atomic E-state index is 0.171. The van der Waals surface area contributed by atoms with Gasteiger partial charge >= 0.3 is 0 Å². The minimum atomic E-state index is 0.171. The fourth-order valence-electron chi connectivity index (χ4n) is 2.55. The smallest absolute Gasteiger partial charge is 0.265 e. The van der Waals surface area contributed by atoms with Crippen LogP contribution < -0.4 is 15.5 Å². The highest BCUT2D eigenvalue weighted by molar-refractivity contribution is 6.29. The summed E-state index contributed by atoms with van der Waals surface area (Å²) in [6, 6.07) is 1.72. The Morgan fingerprint density at radius 2 is 2.18 bits per heavy atom. The topological polar surface area (TPSA) is 97.2 Å². The third kappa shape index (κ3) is 3.06. The lowest BCUT2D eigenvalue weighted by Crippen LogP contribution is -2.35. The van der Waals surface area contributed by atoms with E-state index in [9.17, 15) is 0 Å². The lowest BCUT2D eigenvalue weighted by atomic mass is 9.98. The second-order valence-corrected chi connectivity index (χ2v) is 5.91. The summed E-state index contributed by atoms with van der Waals surface area (Å²) in [5.41, 5.74) is 5.67. The first-order valence-corrected chi connectivity index (χ1v) is 7.46. The molecule has 2 aromatic heterocycles. The monoisotopic (exact) mass is 323 g/mol. The van der Waals surface area contributed by atoms with E-state index in [0.717, 1.165) is 31.7 Å². The van der Waals surface area contributed by atoms with Gasteiger partial charge < -0.3 is 20.1 Å². The second kappa shape index (κ2) is 5.96. The van der Waals surface area contributed by atoms with Gasteiger partial charge in [-0.15, -0.1) is 0 Å². The molecule has 0 amide bonds. The van der Waals surface area contributed by atoms with Crippen LogP contribution in [0.3, 0.4) is 0 Å². The highest BCUT2D eigenvalue weighted by Crippen LogP contribution is 2.29. The fraction of sp³-hybridized carbons (Fsp3) is 0.538. The minimum Gasteiger partial charge on any atom is -0.368 e. The van der Waals surface area contributed by atoms with Crippen LogP contribution in [0.25, 0.3) is 0 Å². The molecule has 1 fully saturated rings. The Balaban J connectivity index is 1.78. The van der Waals surface area contributed by atoms with Crippen molar-refractivity contribution in [3.05, 3.63) is 17.1 Å². The Hall–Kier alpha value is -2.09. The van der Waals surface area contributed by atoms with Crippen LogP contribution in [0.2, 0.25) is 5.15 Å². The molecular weight excluding hydrogens is 306 g/mol. The molecule has 2 aromatic rings. The van der Waals surface area contributed by atoms with Gasteiger partial charge in [-0.2, -0.15) is 9.97 Å². The Morgan fingerprint density at radius 3 is 2.86 bits per heavy atom. The first kappa shape index (κ1) is 14.8. The van der Waals surface area contributed by atoms with E-state index in [4.69, 9.17) is 21.9 Å². The molecule has 0 radical (unpaired) electrons. The molecule has 3 heterocycles. The molecule has 1 atom stereocenters. The van der Waals surface area contributed by atoms with Gasteiger partial charge in [0.15, 0.2) is 0 Å². The van der Waals surface area contributed by atoms with Crippen molar-refractivity contribution in [3.63, 3.8) is 0 Å². The van der Waals surface area contributed by atoms with Crippen LogP contribution in [-0.2, 0) is 0 Å². The number of nitrogens with zero attached hydrogens (tertiary/aromatic N) is 6. The van der Waals surface area contributed by atoms with E-state index in [1.165, 1.54) is 0 Å². The Kier molecular flexibility index (Phi) is 4.02. The maximum Gasteiger partial charge on any atom is 0.265 e. The zero-order valence-corrected chi connectivity index (χ0v) is 13.3. The molecule has 1 aliphatic heterocycles. The Labute approximate surface area is 133 Å². The maximum atomic E-state index is 5.96. The molecule has 0 bridgehead atoms. The summed E-state index contributed by atoms with van der Waals surface area (Å²) in [4.78, 5) is 16.5. The van der Waals surface area contributed by atoms with Crippen LogP contribution in [0.4, 0.5) is 17.7 Å². The standard InChI is InChI=1S/C13H18ClN7O/c1-20(2)13-18-11(22-19-13)8-4-3-5-21(7-8)10-6-9(14)16-12(15)17-10/h6,8H,3-5,7H2,1-2H3,(H2,15,16,17). The Bertz CT molecular complexity index is 639. The quantitative estimate of drug-likeness (QED) is 0.850. The second-order valence-electron chi connectivity index (χ2n) is 5.52. The van der Waals surface area contributed by atoms with Crippen LogP contribution in [0, 0.1) is 0 Å². The molecule has 1 aliphatic rings. The molecule has 2 N–H and O–H groups in total. The summed E-state index contributed by atoms with van der Waals surface area (Å²) in [7, 11) is 3.76. The molecule has 0 aliphatic carbocycles. The van der Waals surface area contributed by atoms with E-state index in [-0.39, 0.29) is 11.9 Å². The van der Waals surface area contributed by atoms with Crippen molar-refractivity contribution in [2.75, 3.05) is 42.7 Å². The number of rotatable bonds is 3. The largest absolute Gasteiger partial charge is 0.368 e. The van der Waals surface area contributed by atoms with Crippen molar-refractivity contribution in [2.45, 2.75) is 18.8 Å². The number of hydrogen-bond donors (Lipinski definition) is 1. The van der Waals surface area contributed by atoms with Gasteiger partial charge in [-0.1, -0.05) is 11.6 Å². The van der Waals surface area contributed by atoms with Crippen molar-refractivity contribution in [2.24, 2.45) is 0 Å². The first-order valence-electron chi connectivity index (χ1n) is 7.09. The molecule has 9 heteroatoms. The normalized spacial score (nSPS) is 18.5. The van der Waals surface area contributed by atoms with E-state index < -0.39 is 0 Å². The summed E-state index contributed by atoms with van der Waals surface area (Å²) in [6.07, 6.45) is 2.01. The number of hydrogen-bond acceptors (Lipinski definition) is 8. The van der Waals surface area contributed by atoms with Crippen molar-refractivity contribution in [1.82, 2.24) is 20.1 Å². The SMILES string of the molecule is CN(C)c1noc(C2CCCN(c3cc(Cl)nc(N)n3)C2)n1. The van der Waals surface area contributed by atoms with Gasteiger partial charge in [0.2, 0.25) is 11.8 Å². The van der Waals surface area contributed by atoms with E-state index in [1.807, 2.05) is 19.0 Å². The Morgan fingerprint density at radius 1 is 1.36 bits per heavy atom. The third-order valence-corrected chi connectivity index (χ3v) is 3.82. The third-order valence-electron chi connectivity index (χ3n) is 3.62. The number of nitrogen functional groups attached to an aromatic ring is 1. The van der Waals surface area contributed by atoms with E-state index in [2.05, 4.69) is 25.0 Å². The predicted molar refractivity (Wildman–Crippen MR) is 84.3 cm³/mol. The fourth-order valence-corrected chi connectivity index (χ4v) is 2.73. The van der Waals surface area contributed by atoms with Crippen LogP contribution >= 0.6 is 11.6 Å². The molecule has 8 nitrogen and oxygen atoms in total. The molecule has 118 valence electrons. The molecule has 1 unspecified atom stereocenters. The number of nitrogens with two attached hydrogens (primary N) is 1. The molecule has 0 spiro atoms. The summed E-state index contributed by atoms with van der Waals surface area (Å²) < 4.78 is 5.38. The van der Waals surface area contributed by atoms with Crippen molar-refractivity contribution in [1.29, 1.82) is 0 Å². The molecule has 22 heavy (non-hydrogen) atoms. The zero-order valence-electron chi connectivity index (χ0n) is 12.5. The van der Waals surface area contributed by atoms with Gasteiger partial charge in [-0.25, -0.2) is 4.98 Å². The van der Waals surface area contributed by atoms with E-state index >= 15 is 0 Å². The average Bonchev–Trinajstić information content (AvgIpc) is 2.96. The van der Waals surface area contributed by atoms with Gasteiger partial charge in [0, 0.05) is 33.3 Å². The molecule has 0 saturated carbocycles. The van der Waals surface area contributed by atoms with Crippen LogP contribution in [-0.4, -0.2) is 47.3 Å². The van der Waals surface area contributed by atoms with E-state index in [1.54, 1.807) is 6.07 Å². The van der Waals surface area contributed by atoms with E-state index in [0.29, 0.717) is 17.0 Å². The summed E-state index contributed by atoms with van der Waals surface area (Å²) in [5, 5.41) is 4.32. The zero-order chi connectivity index (χ0) is 15.7. The number of piperidine rings is 1. The molecule has 0 aromatic carbocycles. The van der Waals surface area contributed by atoms with Crippen molar-refractivity contribution >= 4 is 29.3 Å². The van der Waals surface area contributed by atoms with Crippen LogP contribution in [0.15, 0.2) is 10.6 Å². The van der Waals surface area contributed by atoms with Gasteiger partial charge in [0.1, 0.15) is 11.0 Å². The lowest BCUT2D eigenvalue weighted by Gasteiger charge is -2.31. The molecule has 3 rings (SSSR count). The first-order chi connectivity index (χ1) is 10.5. The average molecular weight is 324 g/mol. The van der Waals surface area contributed by atoms with Gasteiger partial charge in [-0.3, -0.25) is 0 Å².